The average molecular weight is 486 g/mol. The Morgan fingerprint density at radius 2 is 1.83 bits per heavy atom. The first-order valence-corrected chi connectivity index (χ1v) is 12.6. The predicted molar refractivity (Wildman–Crippen MR) is 126 cm³/mol. The maximum Gasteiger partial charge on any atom is 0.318 e. The van der Waals surface area contributed by atoms with Crippen LogP contribution in [0.15, 0.2) is 24.5 Å². The third-order valence-electron chi connectivity index (χ3n) is 8.11. The second-order valence-electron chi connectivity index (χ2n) is 10.8. The molecule has 1 aromatic rings. The van der Waals surface area contributed by atoms with Gasteiger partial charge in [0.25, 0.3) is 5.92 Å². The van der Waals surface area contributed by atoms with Crippen molar-refractivity contribution >= 4 is 11.9 Å². The van der Waals surface area contributed by atoms with Crippen molar-refractivity contribution in [2.45, 2.75) is 74.9 Å². The summed E-state index contributed by atoms with van der Waals surface area (Å²) in [5.74, 6) is -1.08. The lowest BCUT2D eigenvalue weighted by atomic mass is 9.72. The van der Waals surface area contributed by atoms with Gasteiger partial charge in [0, 0.05) is 48.9 Å². The number of hydrogen-bond acceptors (Lipinski definition) is 4. The van der Waals surface area contributed by atoms with Gasteiger partial charge in [-0.05, 0) is 70.2 Å². The van der Waals surface area contributed by atoms with E-state index in [1.165, 1.54) is 37.4 Å². The quantitative estimate of drug-likeness (QED) is 0.555. The number of carbonyl (C=O) groups is 2. The Bertz CT molecular complexity index is 987. The summed E-state index contributed by atoms with van der Waals surface area (Å²) in [7, 11) is 0. The van der Waals surface area contributed by atoms with Crippen molar-refractivity contribution in [1.29, 1.82) is 0 Å². The summed E-state index contributed by atoms with van der Waals surface area (Å²) in [6.45, 7) is 3.44. The summed E-state index contributed by atoms with van der Waals surface area (Å²) in [4.78, 5) is 34.0. The summed E-state index contributed by atoms with van der Waals surface area (Å²) in [5.41, 5.74) is -0.733. The average Bonchev–Trinajstić information content (AvgIpc) is 3.76. The molecular weight excluding hydrogens is 452 g/mol. The molecule has 0 unspecified atom stereocenters. The maximum absolute atomic E-state index is 14.8. The lowest BCUT2D eigenvalue weighted by molar-refractivity contribution is -0.124. The van der Waals surface area contributed by atoms with Gasteiger partial charge in [0.2, 0.25) is 5.91 Å². The van der Waals surface area contributed by atoms with Gasteiger partial charge in [0.1, 0.15) is 11.6 Å². The van der Waals surface area contributed by atoms with Crippen LogP contribution >= 0.6 is 0 Å². The summed E-state index contributed by atoms with van der Waals surface area (Å²) in [6, 6.07) is 1.82. The number of terminal acetylenes is 1. The first kappa shape index (κ1) is 24.0. The molecule has 35 heavy (non-hydrogen) atoms. The lowest BCUT2D eigenvalue weighted by Crippen LogP contribution is -2.65. The molecule has 0 bridgehead atoms. The Labute approximate surface area is 205 Å². The normalized spacial score (nSPS) is 23.6. The van der Waals surface area contributed by atoms with Crippen LogP contribution in [0.5, 0.6) is 0 Å². The fraction of sp³-hybridized carbons (Fsp3) is 0.654. The molecule has 2 aliphatic carbocycles. The van der Waals surface area contributed by atoms with Crippen LogP contribution in [-0.2, 0) is 10.7 Å². The minimum Gasteiger partial charge on any atom is -0.338 e. The first-order valence-electron chi connectivity index (χ1n) is 12.6. The van der Waals surface area contributed by atoms with Crippen LogP contribution in [-0.4, -0.2) is 70.5 Å². The highest BCUT2D eigenvalue weighted by Crippen LogP contribution is 2.43. The second-order valence-corrected chi connectivity index (χ2v) is 10.8. The molecule has 3 amide bonds. The number of pyridine rings is 1. The number of rotatable bonds is 8. The summed E-state index contributed by atoms with van der Waals surface area (Å²) >= 11 is 0. The highest BCUT2D eigenvalue weighted by molar-refractivity contribution is 5.88. The monoisotopic (exact) mass is 485 g/mol. The fourth-order valence-corrected chi connectivity index (χ4v) is 5.35. The Hall–Kier alpha value is -2.73. The van der Waals surface area contributed by atoms with Gasteiger partial charge in [-0.25, -0.2) is 13.6 Å². The summed E-state index contributed by atoms with van der Waals surface area (Å²) < 4.78 is 29.6. The molecule has 4 aliphatic rings. The molecule has 5 rings (SSSR count). The third-order valence-corrected chi connectivity index (χ3v) is 8.11. The highest BCUT2D eigenvalue weighted by atomic mass is 19.3. The zero-order valence-electron chi connectivity index (χ0n) is 19.9. The third kappa shape index (κ3) is 5.27. The number of alkyl halides is 2. The van der Waals surface area contributed by atoms with E-state index in [1.54, 1.807) is 4.90 Å². The van der Waals surface area contributed by atoms with E-state index in [-0.39, 0.29) is 23.4 Å². The Morgan fingerprint density at radius 3 is 2.40 bits per heavy atom. The summed E-state index contributed by atoms with van der Waals surface area (Å²) in [6.07, 6.45) is 13.4. The number of aromatic nitrogens is 1. The minimum absolute atomic E-state index is 0.149. The van der Waals surface area contributed by atoms with Crippen LogP contribution in [0.2, 0.25) is 0 Å². The number of amides is 3. The van der Waals surface area contributed by atoms with Gasteiger partial charge in [-0.3, -0.25) is 9.78 Å². The smallest absolute Gasteiger partial charge is 0.318 e. The molecule has 7 nitrogen and oxygen atoms in total. The number of halogens is 2. The second kappa shape index (κ2) is 9.05. The number of likely N-dealkylation sites (tertiary alicyclic amines) is 2. The van der Waals surface area contributed by atoms with Gasteiger partial charge < -0.3 is 20.4 Å². The molecular formula is C26H33F2N5O2. The van der Waals surface area contributed by atoms with Gasteiger partial charge in [-0.2, -0.15) is 0 Å². The van der Waals surface area contributed by atoms with E-state index in [0.717, 1.165) is 32.0 Å². The van der Waals surface area contributed by atoms with E-state index in [2.05, 4.69) is 26.4 Å². The van der Waals surface area contributed by atoms with Crippen molar-refractivity contribution in [2.24, 2.45) is 5.41 Å². The van der Waals surface area contributed by atoms with E-state index in [1.807, 2.05) is 0 Å². The molecule has 9 heteroatoms. The maximum atomic E-state index is 14.8. The molecule has 0 radical (unpaired) electrons. The topological polar surface area (TPSA) is 77.6 Å². The van der Waals surface area contributed by atoms with Crippen molar-refractivity contribution in [3.05, 3.63) is 30.1 Å². The van der Waals surface area contributed by atoms with E-state index >= 15 is 0 Å². The van der Waals surface area contributed by atoms with E-state index in [9.17, 15) is 18.4 Å². The molecule has 1 atom stereocenters. The van der Waals surface area contributed by atoms with Crippen molar-refractivity contribution in [2.75, 3.05) is 26.2 Å². The zero-order chi connectivity index (χ0) is 24.7. The van der Waals surface area contributed by atoms with Gasteiger partial charge in [-0.15, -0.1) is 6.42 Å². The molecule has 2 N–H and O–H groups in total. The van der Waals surface area contributed by atoms with E-state index < -0.39 is 29.8 Å². The van der Waals surface area contributed by atoms with Crippen LogP contribution in [0.3, 0.4) is 0 Å². The number of hydrogen-bond donors (Lipinski definition) is 2. The van der Waals surface area contributed by atoms with Crippen LogP contribution in [0, 0.1) is 17.8 Å². The molecule has 2 saturated carbocycles. The van der Waals surface area contributed by atoms with E-state index in [4.69, 9.17) is 6.42 Å². The van der Waals surface area contributed by atoms with Crippen molar-refractivity contribution in [3.8, 4) is 12.3 Å². The lowest BCUT2D eigenvalue weighted by Gasteiger charge is -2.54. The van der Waals surface area contributed by atoms with Crippen LogP contribution < -0.4 is 10.6 Å². The van der Waals surface area contributed by atoms with Crippen molar-refractivity contribution in [3.63, 3.8) is 0 Å². The fourth-order valence-electron chi connectivity index (χ4n) is 5.35. The Balaban J connectivity index is 1.18. The van der Waals surface area contributed by atoms with Crippen LogP contribution in [0.1, 0.15) is 56.9 Å². The van der Waals surface area contributed by atoms with Gasteiger partial charge >= 0.3 is 6.03 Å². The zero-order valence-corrected chi connectivity index (χ0v) is 19.9. The van der Waals surface area contributed by atoms with Crippen molar-refractivity contribution in [1.82, 2.24) is 25.4 Å². The van der Waals surface area contributed by atoms with Crippen LogP contribution in [0.4, 0.5) is 13.6 Å². The number of piperidine rings is 1. The number of nitrogens with zero attached hydrogens (tertiary/aromatic N) is 3. The molecule has 0 aromatic carbocycles. The SMILES string of the molecule is C#CC1(NC(=O)[C@H](CCC(F)(F)c2ccncc2)NC(=O)N2CC3(CCN(C4CC4)CC3)C2)CC1. The summed E-state index contributed by atoms with van der Waals surface area (Å²) in [5, 5.41) is 5.51. The highest BCUT2D eigenvalue weighted by Gasteiger charge is 2.49. The molecule has 4 fully saturated rings. The molecule has 2 saturated heterocycles. The molecule has 1 aromatic heterocycles. The number of carbonyl (C=O) groups excluding carboxylic acids is 2. The van der Waals surface area contributed by atoms with Gasteiger partial charge in [0.15, 0.2) is 0 Å². The molecule has 2 aliphatic heterocycles. The van der Waals surface area contributed by atoms with Crippen LogP contribution in [0.25, 0.3) is 0 Å². The number of nitrogens with one attached hydrogen (secondary N) is 2. The predicted octanol–water partition coefficient (Wildman–Crippen LogP) is 2.87. The molecule has 3 heterocycles. The first-order chi connectivity index (χ1) is 16.7. The van der Waals surface area contributed by atoms with Crippen molar-refractivity contribution < 1.29 is 18.4 Å². The molecule has 188 valence electrons. The van der Waals surface area contributed by atoms with Gasteiger partial charge in [-0.1, -0.05) is 5.92 Å². The Kier molecular flexibility index (Phi) is 6.20. The van der Waals surface area contributed by atoms with E-state index in [0.29, 0.717) is 25.9 Å². The Morgan fingerprint density at radius 1 is 1.17 bits per heavy atom. The molecule has 1 spiro atoms. The largest absolute Gasteiger partial charge is 0.338 e. The minimum atomic E-state index is -3.15. The number of urea groups is 1. The standard InChI is InChI=1S/C26H33F2N5O2/c1-2-25(9-10-25)31-22(34)21(5-8-26(27,28)19-6-13-29-14-7-19)30-23(35)33-17-24(18-33)11-15-32(16-12-24)20-3-4-20/h1,6-7,13-14,20-21H,3-5,8-12,15-18H2,(H,30,35)(H,31,34)/t21-/m0/s1. The van der Waals surface area contributed by atoms with Gasteiger partial charge in [0.05, 0.1) is 0 Å².